The van der Waals surface area contributed by atoms with Crippen molar-refractivity contribution in [2.75, 3.05) is 11.5 Å². The van der Waals surface area contributed by atoms with Crippen LogP contribution in [0, 0.1) is 5.92 Å². The summed E-state index contributed by atoms with van der Waals surface area (Å²) in [6.45, 7) is 0. The summed E-state index contributed by atoms with van der Waals surface area (Å²) in [6.07, 6.45) is 1.59. The zero-order valence-electron chi connectivity index (χ0n) is 9.92. The third kappa shape index (κ3) is 5.39. The van der Waals surface area contributed by atoms with Gasteiger partial charge in [-0.3, -0.25) is 9.59 Å². The number of carboxylic acid groups (broad SMARTS) is 2. The Kier molecular flexibility index (Phi) is 5.97. The Morgan fingerprint density at radius 2 is 1.83 bits per heavy atom. The molecule has 102 valence electrons. The first kappa shape index (κ1) is 14.8. The normalized spacial score (nSPS) is 18.0. The standard InChI is InChI=1S/C11H17NO5S/c13-9(5-7-1-3-18-4-2-7)12-8(11(16)17)6-10(14)15/h7-8H,1-6H2,(H,12,13)(H,14,15)(H,16,17)/t8-/m1/s1. The van der Waals surface area contributed by atoms with E-state index in [-0.39, 0.29) is 18.2 Å². The molecule has 0 spiro atoms. The average Bonchev–Trinajstić information content (AvgIpc) is 2.28. The molecule has 0 unspecified atom stereocenters. The number of aliphatic carboxylic acids is 2. The van der Waals surface area contributed by atoms with Gasteiger partial charge in [0.2, 0.25) is 5.91 Å². The Bertz CT molecular complexity index is 327. The topological polar surface area (TPSA) is 104 Å². The molecule has 0 saturated carbocycles. The molecule has 0 radical (unpaired) electrons. The Labute approximate surface area is 109 Å². The number of amides is 1. The van der Waals surface area contributed by atoms with E-state index in [4.69, 9.17) is 10.2 Å². The van der Waals surface area contributed by atoms with Gasteiger partial charge in [-0.15, -0.1) is 0 Å². The molecule has 0 bridgehead atoms. The molecular formula is C11H17NO5S. The second-order valence-electron chi connectivity index (χ2n) is 4.32. The van der Waals surface area contributed by atoms with Crippen molar-refractivity contribution < 1.29 is 24.6 Å². The van der Waals surface area contributed by atoms with Gasteiger partial charge in [-0.1, -0.05) is 0 Å². The molecule has 1 amide bonds. The van der Waals surface area contributed by atoms with Crippen molar-refractivity contribution in [2.45, 2.75) is 31.7 Å². The fourth-order valence-corrected chi connectivity index (χ4v) is 3.04. The van der Waals surface area contributed by atoms with Crippen LogP contribution in [0.25, 0.3) is 0 Å². The minimum atomic E-state index is -1.34. The number of hydrogen-bond acceptors (Lipinski definition) is 4. The van der Waals surface area contributed by atoms with E-state index in [1.165, 1.54) is 0 Å². The number of carboxylic acids is 2. The van der Waals surface area contributed by atoms with Gasteiger partial charge < -0.3 is 15.5 Å². The molecule has 1 atom stereocenters. The lowest BCUT2D eigenvalue weighted by atomic mass is 9.98. The smallest absolute Gasteiger partial charge is 0.326 e. The van der Waals surface area contributed by atoms with Crippen LogP contribution in [0.4, 0.5) is 0 Å². The molecular weight excluding hydrogens is 258 g/mol. The maximum atomic E-state index is 11.6. The molecule has 1 saturated heterocycles. The van der Waals surface area contributed by atoms with Crippen molar-refractivity contribution in [3.63, 3.8) is 0 Å². The van der Waals surface area contributed by atoms with E-state index in [2.05, 4.69) is 5.32 Å². The highest BCUT2D eigenvalue weighted by atomic mass is 32.2. The van der Waals surface area contributed by atoms with Gasteiger partial charge in [0, 0.05) is 6.42 Å². The zero-order chi connectivity index (χ0) is 13.5. The molecule has 18 heavy (non-hydrogen) atoms. The Morgan fingerprint density at radius 1 is 1.22 bits per heavy atom. The predicted molar refractivity (Wildman–Crippen MR) is 66.5 cm³/mol. The quantitative estimate of drug-likeness (QED) is 0.654. The van der Waals surface area contributed by atoms with Gasteiger partial charge >= 0.3 is 11.9 Å². The van der Waals surface area contributed by atoms with Gasteiger partial charge in [-0.2, -0.15) is 11.8 Å². The van der Waals surface area contributed by atoms with Crippen LogP contribution in [0.15, 0.2) is 0 Å². The van der Waals surface area contributed by atoms with Crippen molar-refractivity contribution in [3.05, 3.63) is 0 Å². The summed E-state index contributed by atoms with van der Waals surface area (Å²) in [7, 11) is 0. The second kappa shape index (κ2) is 7.25. The predicted octanol–water partition coefficient (Wildman–Crippen LogP) is 0.564. The highest BCUT2D eigenvalue weighted by Gasteiger charge is 2.24. The molecule has 7 heteroatoms. The summed E-state index contributed by atoms with van der Waals surface area (Å²) in [4.78, 5) is 32.9. The van der Waals surface area contributed by atoms with Gasteiger partial charge in [0.15, 0.2) is 0 Å². The monoisotopic (exact) mass is 275 g/mol. The van der Waals surface area contributed by atoms with Crippen molar-refractivity contribution in [2.24, 2.45) is 5.92 Å². The molecule has 0 aromatic carbocycles. The van der Waals surface area contributed by atoms with E-state index in [0.29, 0.717) is 0 Å². The molecule has 0 aromatic rings. The summed E-state index contributed by atoms with van der Waals surface area (Å²) in [5.74, 6) is -0.599. The first-order chi connectivity index (χ1) is 8.49. The Hall–Kier alpha value is -1.24. The number of hydrogen-bond donors (Lipinski definition) is 3. The SMILES string of the molecule is O=C(O)C[C@@H](NC(=O)CC1CCSCC1)C(=O)O. The van der Waals surface area contributed by atoms with Crippen LogP contribution < -0.4 is 5.32 Å². The first-order valence-electron chi connectivity index (χ1n) is 5.80. The molecule has 0 aromatic heterocycles. The molecule has 1 heterocycles. The van der Waals surface area contributed by atoms with Gasteiger partial charge in [-0.25, -0.2) is 4.79 Å². The average molecular weight is 275 g/mol. The molecule has 1 fully saturated rings. The van der Waals surface area contributed by atoms with E-state index >= 15 is 0 Å². The van der Waals surface area contributed by atoms with E-state index in [1.807, 2.05) is 11.8 Å². The summed E-state index contributed by atoms with van der Waals surface area (Å²) >= 11 is 1.85. The van der Waals surface area contributed by atoms with Crippen molar-refractivity contribution in [1.82, 2.24) is 5.32 Å². The fourth-order valence-electron chi connectivity index (χ4n) is 1.84. The Morgan fingerprint density at radius 3 is 2.33 bits per heavy atom. The Balaban J connectivity index is 2.40. The lowest BCUT2D eigenvalue weighted by Gasteiger charge is -2.21. The molecule has 6 nitrogen and oxygen atoms in total. The molecule has 0 aliphatic carbocycles. The van der Waals surface area contributed by atoms with Gasteiger partial charge in [-0.05, 0) is 30.3 Å². The largest absolute Gasteiger partial charge is 0.481 e. The van der Waals surface area contributed by atoms with E-state index < -0.39 is 24.4 Å². The lowest BCUT2D eigenvalue weighted by Crippen LogP contribution is -2.42. The van der Waals surface area contributed by atoms with E-state index in [9.17, 15) is 14.4 Å². The van der Waals surface area contributed by atoms with E-state index in [0.717, 1.165) is 24.3 Å². The summed E-state index contributed by atoms with van der Waals surface area (Å²) in [5.41, 5.74) is 0. The zero-order valence-corrected chi connectivity index (χ0v) is 10.7. The van der Waals surface area contributed by atoms with Crippen molar-refractivity contribution in [1.29, 1.82) is 0 Å². The van der Waals surface area contributed by atoms with Gasteiger partial charge in [0.25, 0.3) is 0 Å². The number of carbonyl (C=O) groups excluding carboxylic acids is 1. The van der Waals surface area contributed by atoms with Crippen LogP contribution in [0.3, 0.4) is 0 Å². The first-order valence-corrected chi connectivity index (χ1v) is 6.96. The lowest BCUT2D eigenvalue weighted by molar-refractivity contribution is -0.147. The van der Waals surface area contributed by atoms with Crippen molar-refractivity contribution in [3.8, 4) is 0 Å². The van der Waals surface area contributed by atoms with Crippen LogP contribution in [-0.4, -0.2) is 45.6 Å². The summed E-state index contributed by atoms with van der Waals surface area (Å²) in [6, 6.07) is -1.34. The molecule has 1 aliphatic rings. The van der Waals surface area contributed by atoms with Crippen LogP contribution >= 0.6 is 11.8 Å². The maximum absolute atomic E-state index is 11.6. The minimum absolute atomic E-state index is 0.282. The third-order valence-corrected chi connectivity index (χ3v) is 3.88. The number of rotatable bonds is 6. The molecule has 3 N–H and O–H groups in total. The van der Waals surface area contributed by atoms with Crippen molar-refractivity contribution >= 4 is 29.6 Å². The maximum Gasteiger partial charge on any atom is 0.326 e. The molecule has 1 rings (SSSR count). The van der Waals surface area contributed by atoms with Crippen LogP contribution in [0.5, 0.6) is 0 Å². The highest BCUT2D eigenvalue weighted by molar-refractivity contribution is 7.99. The number of nitrogens with one attached hydrogen (secondary N) is 1. The van der Waals surface area contributed by atoms with Crippen LogP contribution in [0.2, 0.25) is 0 Å². The summed E-state index contributed by atoms with van der Waals surface area (Å²) < 4.78 is 0. The van der Waals surface area contributed by atoms with Gasteiger partial charge in [0.1, 0.15) is 6.04 Å². The summed E-state index contributed by atoms with van der Waals surface area (Å²) in [5, 5.41) is 19.6. The van der Waals surface area contributed by atoms with Crippen LogP contribution in [0.1, 0.15) is 25.7 Å². The fraction of sp³-hybridized carbons (Fsp3) is 0.727. The number of carbonyl (C=O) groups is 3. The highest BCUT2D eigenvalue weighted by Crippen LogP contribution is 2.25. The minimum Gasteiger partial charge on any atom is -0.481 e. The van der Waals surface area contributed by atoms with E-state index in [1.54, 1.807) is 0 Å². The molecule has 1 aliphatic heterocycles. The van der Waals surface area contributed by atoms with Gasteiger partial charge in [0.05, 0.1) is 6.42 Å². The van der Waals surface area contributed by atoms with Crippen LogP contribution in [-0.2, 0) is 14.4 Å². The third-order valence-electron chi connectivity index (χ3n) is 2.83. The second-order valence-corrected chi connectivity index (χ2v) is 5.54. The number of thioether (sulfide) groups is 1.